The first-order chi connectivity index (χ1) is 5.04. The van der Waals surface area contributed by atoms with Crippen molar-refractivity contribution in [1.82, 2.24) is 0 Å². The molecule has 0 bridgehead atoms. The zero-order valence-corrected chi connectivity index (χ0v) is 5.79. The van der Waals surface area contributed by atoms with Crippen LogP contribution in [-0.4, -0.2) is 28.3 Å². The van der Waals surface area contributed by atoms with Gasteiger partial charge in [-0.1, -0.05) is 0 Å². The molecule has 0 saturated carbocycles. The van der Waals surface area contributed by atoms with E-state index in [0.29, 0.717) is 0 Å². The van der Waals surface area contributed by atoms with Crippen molar-refractivity contribution >= 4 is 11.9 Å². The van der Waals surface area contributed by atoms with Crippen molar-refractivity contribution < 1.29 is 24.2 Å². The van der Waals surface area contributed by atoms with E-state index in [1.165, 1.54) is 0 Å². The van der Waals surface area contributed by atoms with E-state index in [0.717, 1.165) is 0 Å². The number of aliphatic carboxylic acids is 2. The Balaban J connectivity index is 3.39. The van der Waals surface area contributed by atoms with Gasteiger partial charge in [-0.25, -0.2) is 9.18 Å². The maximum atomic E-state index is 12.2. The SMILES string of the molecule is O=C(O)CCCC(F)C(=O)O. The zero-order valence-electron chi connectivity index (χ0n) is 5.79. The molecule has 0 saturated heterocycles. The molecule has 11 heavy (non-hydrogen) atoms. The summed E-state index contributed by atoms with van der Waals surface area (Å²) in [6.07, 6.45) is -2.30. The Morgan fingerprint density at radius 2 is 1.91 bits per heavy atom. The number of rotatable bonds is 5. The number of hydrogen-bond donors (Lipinski definition) is 2. The van der Waals surface area contributed by atoms with Crippen molar-refractivity contribution in [3.05, 3.63) is 0 Å². The molecule has 0 amide bonds. The van der Waals surface area contributed by atoms with Gasteiger partial charge in [-0.15, -0.1) is 0 Å². The van der Waals surface area contributed by atoms with E-state index in [-0.39, 0.29) is 19.3 Å². The molecule has 64 valence electrons. The van der Waals surface area contributed by atoms with Gasteiger partial charge in [0.05, 0.1) is 0 Å². The van der Waals surface area contributed by atoms with E-state index in [9.17, 15) is 14.0 Å². The Morgan fingerprint density at radius 3 is 2.27 bits per heavy atom. The predicted molar refractivity (Wildman–Crippen MR) is 34.0 cm³/mol. The van der Waals surface area contributed by atoms with Crippen molar-refractivity contribution in [3.63, 3.8) is 0 Å². The van der Waals surface area contributed by atoms with E-state index in [2.05, 4.69) is 0 Å². The predicted octanol–water partition coefficient (Wildman–Crippen LogP) is 0.664. The van der Waals surface area contributed by atoms with Gasteiger partial charge in [-0.2, -0.15) is 0 Å². The summed E-state index contributed by atoms with van der Waals surface area (Å²) in [7, 11) is 0. The Hall–Kier alpha value is -1.13. The van der Waals surface area contributed by atoms with Crippen LogP contribution in [0.2, 0.25) is 0 Å². The van der Waals surface area contributed by atoms with Crippen LogP contribution in [0.5, 0.6) is 0 Å². The van der Waals surface area contributed by atoms with Crippen LogP contribution in [0.4, 0.5) is 4.39 Å². The molecule has 0 radical (unpaired) electrons. The normalized spacial score (nSPS) is 12.5. The summed E-state index contributed by atoms with van der Waals surface area (Å²) < 4.78 is 12.2. The van der Waals surface area contributed by atoms with Crippen molar-refractivity contribution in [2.45, 2.75) is 25.4 Å². The minimum atomic E-state index is -1.94. The monoisotopic (exact) mass is 164 g/mol. The highest BCUT2D eigenvalue weighted by atomic mass is 19.1. The van der Waals surface area contributed by atoms with Gasteiger partial charge in [0.2, 0.25) is 0 Å². The van der Waals surface area contributed by atoms with Crippen molar-refractivity contribution in [3.8, 4) is 0 Å². The molecule has 0 aromatic carbocycles. The highest BCUT2D eigenvalue weighted by Crippen LogP contribution is 2.04. The molecule has 0 heterocycles. The molecule has 0 aliphatic carbocycles. The molecule has 0 aromatic rings. The lowest BCUT2D eigenvalue weighted by atomic mass is 10.2. The van der Waals surface area contributed by atoms with Gasteiger partial charge in [0.25, 0.3) is 0 Å². The third-order valence-electron chi connectivity index (χ3n) is 1.12. The molecule has 0 spiro atoms. The van der Waals surface area contributed by atoms with Crippen LogP contribution in [0, 0.1) is 0 Å². The first-order valence-corrected chi connectivity index (χ1v) is 3.12. The van der Waals surface area contributed by atoms with Crippen molar-refractivity contribution in [2.24, 2.45) is 0 Å². The lowest BCUT2D eigenvalue weighted by Gasteiger charge is -1.99. The summed E-state index contributed by atoms with van der Waals surface area (Å²) in [6.45, 7) is 0. The largest absolute Gasteiger partial charge is 0.481 e. The molecular formula is C6H9FO4. The number of carbonyl (C=O) groups is 2. The highest BCUT2D eigenvalue weighted by molar-refractivity contribution is 5.72. The first-order valence-electron chi connectivity index (χ1n) is 3.12. The van der Waals surface area contributed by atoms with Crippen molar-refractivity contribution in [2.75, 3.05) is 0 Å². The molecule has 0 fully saturated rings. The number of hydrogen-bond acceptors (Lipinski definition) is 2. The minimum absolute atomic E-state index is 0.0583. The first kappa shape index (κ1) is 9.87. The Labute approximate surface area is 62.6 Å². The maximum absolute atomic E-state index is 12.2. The second-order valence-electron chi connectivity index (χ2n) is 2.09. The Bertz CT molecular complexity index is 157. The smallest absolute Gasteiger partial charge is 0.338 e. The van der Waals surface area contributed by atoms with E-state index in [4.69, 9.17) is 10.2 Å². The second-order valence-corrected chi connectivity index (χ2v) is 2.09. The number of halogens is 1. The van der Waals surface area contributed by atoms with Gasteiger partial charge in [0.15, 0.2) is 6.17 Å². The van der Waals surface area contributed by atoms with Crippen LogP contribution in [-0.2, 0) is 9.59 Å². The van der Waals surface area contributed by atoms with E-state index in [1.54, 1.807) is 0 Å². The standard InChI is InChI=1S/C6H9FO4/c7-4(6(10)11)2-1-3-5(8)9/h4H,1-3H2,(H,8,9)(H,10,11). The van der Waals surface area contributed by atoms with Gasteiger partial charge in [0, 0.05) is 6.42 Å². The fourth-order valence-corrected chi connectivity index (χ4v) is 0.556. The maximum Gasteiger partial charge on any atom is 0.338 e. The van der Waals surface area contributed by atoms with Gasteiger partial charge in [0.1, 0.15) is 0 Å². The highest BCUT2D eigenvalue weighted by Gasteiger charge is 2.14. The number of alkyl halides is 1. The van der Waals surface area contributed by atoms with Crippen LogP contribution in [0.3, 0.4) is 0 Å². The Kier molecular flexibility index (Phi) is 4.17. The van der Waals surface area contributed by atoms with Crippen molar-refractivity contribution in [1.29, 1.82) is 0 Å². The summed E-state index contributed by atoms with van der Waals surface area (Å²) in [4.78, 5) is 19.7. The van der Waals surface area contributed by atoms with Crippen LogP contribution < -0.4 is 0 Å². The molecular weight excluding hydrogens is 155 g/mol. The third kappa shape index (κ3) is 5.32. The Morgan fingerprint density at radius 1 is 1.36 bits per heavy atom. The second kappa shape index (κ2) is 4.65. The number of carboxylic acids is 2. The summed E-state index contributed by atoms with van der Waals surface area (Å²) in [5, 5.41) is 16.1. The molecule has 2 N–H and O–H groups in total. The topological polar surface area (TPSA) is 74.6 Å². The molecule has 1 unspecified atom stereocenters. The summed E-state index contributed by atoms with van der Waals surface area (Å²) >= 11 is 0. The quantitative estimate of drug-likeness (QED) is 0.626. The molecule has 0 aliphatic heterocycles. The van der Waals surface area contributed by atoms with Crippen LogP contribution >= 0.6 is 0 Å². The summed E-state index contributed by atoms with van der Waals surface area (Å²) in [5.41, 5.74) is 0. The number of carboxylic acid groups (broad SMARTS) is 2. The van der Waals surface area contributed by atoms with Crippen LogP contribution in [0.1, 0.15) is 19.3 Å². The van der Waals surface area contributed by atoms with Gasteiger partial charge >= 0.3 is 11.9 Å². The molecule has 0 aliphatic rings. The fourth-order valence-electron chi connectivity index (χ4n) is 0.556. The molecule has 0 aromatic heterocycles. The van der Waals surface area contributed by atoms with Crippen LogP contribution in [0.25, 0.3) is 0 Å². The van der Waals surface area contributed by atoms with E-state index in [1.807, 2.05) is 0 Å². The minimum Gasteiger partial charge on any atom is -0.481 e. The lowest BCUT2D eigenvalue weighted by Crippen LogP contribution is -2.14. The average molecular weight is 164 g/mol. The van der Waals surface area contributed by atoms with Gasteiger partial charge in [-0.05, 0) is 12.8 Å². The molecule has 4 nitrogen and oxygen atoms in total. The zero-order chi connectivity index (χ0) is 8.85. The summed E-state index contributed by atoms with van der Waals surface area (Å²) in [5.74, 6) is -2.57. The third-order valence-corrected chi connectivity index (χ3v) is 1.12. The molecule has 5 heteroatoms. The molecule has 1 atom stereocenters. The van der Waals surface area contributed by atoms with Crippen LogP contribution in [0.15, 0.2) is 0 Å². The van der Waals surface area contributed by atoms with E-state index >= 15 is 0 Å². The lowest BCUT2D eigenvalue weighted by molar-refractivity contribution is -0.144. The fraction of sp³-hybridized carbons (Fsp3) is 0.667. The van der Waals surface area contributed by atoms with E-state index < -0.39 is 18.1 Å². The van der Waals surface area contributed by atoms with Gasteiger partial charge < -0.3 is 10.2 Å². The van der Waals surface area contributed by atoms with Gasteiger partial charge in [-0.3, -0.25) is 4.79 Å². The average Bonchev–Trinajstić information content (AvgIpc) is 1.86. The molecule has 0 rings (SSSR count). The summed E-state index contributed by atoms with van der Waals surface area (Å²) in [6, 6.07) is 0.